The number of aryl methyl sites for hydroxylation is 1. The van der Waals surface area contributed by atoms with Gasteiger partial charge in [0.15, 0.2) is 5.13 Å². The van der Waals surface area contributed by atoms with E-state index >= 15 is 0 Å². The number of nitrogens with one attached hydrogen (secondary N) is 1. The van der Waals surface area contributed by atoms with E-state index in [1.54, 1.807) is 24.6 Å². The van der Waals surface area contributed by atoms with E-state index in [0.717, 1.165) is 67.2 Å². The Labute approximate surface area is 236 Å². The Bertz CT molecular complexity index is 1220. The van der Waals surface area contributed by atoms with Crippen molar-refractivity contribution in [2.24, 2.45) is 11.8 Å². The van der Waals surface area contributed by atoms with Crippen LogP contribution in [0.4, 0.5) is 10.8 Å². The van der Waals surface area contributed by atoms with Crippen LogP contribution < -0.4 is 15.0 Å². The molecule has 1 heterocycles. The van der Waals surface area contributed by atoms with E-state index in [0.29, 0.717) is 31.2 Å². The van der Waals surface area contributed by atoms with Crippen molar-refractivity contribution in [1.82, 2.24) is 4.98 Å². The third kappa shape index (κ3) is 7.00. The SMILES string of the molecule is COc1ccc(C2CCC(CN(C(=O)C3CCC(O)CC3)c3cccc(CNc4nccs4)c3)CC2)cc1C. The summed E-state index contributed by atoms with van der Waals surface area (Å²) in [6.45, 7) is 3.54. The Morgan fingerprint density at radius 2 is 1.87 bits per heavy atom. The number of carbonyl (C=O) groups excluding carboxylic acids is 1. The number of amides is 1. The number of ether oxygens (including phenoxy) is 1. The fourth-order valence-corrected chi connectivity index (χ4v) is 6.81. The zero-order valence-electron chi connectivity index (χ0n) is 23.1. The van der Waals surface area contributed by atoms with Crippen LogP contribution in [0.15, 0.2) is 54.0 Å². The van der Waals surface area contributed by atoms with Gasteiger partial charge in [-0.25, -0.2) is 4.98 Å². The molecule has 2 saturated carbocycles. The summed E-state index contributed by atoms with van der Waals surface area (Å²) in [5.41, 5.74) is 4.72. The van der Waals surface area contributed by atoms with Crippen LogP contribution in [0.5, 0.6) is 5.75 Å². The van der Waals surface area contributed by atoms with Crippen LogP contribution in [0.25, 0.3) is 0 Å². The molecule has 0 spiro atoms. The first-order valence-corrected chi connectivity index (χ1v) is 15.2. The van der Waals surface area contributed by atoms with Crippen LogP contribution in [0.1, 0.15) is 74.0 Å². The maximum atomic E-state index is 13.9. The van der Waals surface area contributed by atoms with Gasteiger partial charge in [0, 0.05) is 36.3 Å². The number of hydrogen-bond acceptors (Lipinski definition) is 6. The smallest absolute Gasteiger partial charge is 0.230 e. The molecule has 2 N–H and O–H groups in total. The predicted octanol–water partition coefficient (Wildman–Crippen LogP) is 6.93. The molecule has 2 aliphatic rings. The summed E-state index contributed by atoms with van der Waals surface area (Å²) in [7, 11) is 1.73. The molecule has 0 atom stereocenters. The van der Waals surface area contributed by atoms with Crippen LogP contribution in [0, 0.1) is 18.8 Å². The van der Waals surface area contributed by atoms with Crippen molar-refractivity contribution in [2.75, 3.05) is 23.9 Å². The number of benzene rings is 2. The fourth-order valence-electron chi connectivity index (χ4n) is 6.28. The van der Waals surface area contributed by atoms with E-state index in [1.807, 2.05) is 5.38 Å². The summed E-state index contributed by atoms with van der Waals surface area (Å²) in [6, 6.07) is 15.0. The van der Waals surface area contributed by atoms with Crippen LogP contribution in [-0.4, -0.2) is 35.8 Å². The number of methoxy groups -OCH3 is 1. The molecule has 0 aliphatic heterocycles. The topological polar surface area (TPSA) is 74.7 Å². The molecule has 0 radical (unpaired) electrons. The Morgan fingerprint density at radius 1 is 1.08 bits per heavy atom. The molecule has 2 fully saturated rings. The van der Waals surface area contributed by atoms with Gasteiger partial charge in [-0.2, -0.15) is 0 Å². The van der Waals surface area contributed by atoms with Crippen LogP contribution >= 0.6 is 11.3 Å². The van der Waals surface area contributed by atoms with Gasteiger partial charge in [-0.15, -0.1) is 11.3 Å². The molecular formula is C32H41N3O3S. The highest BCUT2D eigenvalue weighted by atomic mass is 32.1. The second kappa shape index (κ2) is 13.0. The molecule has 3 aromatic rings. The summed E-state index contributed by atoms with van der Waals surface area (Å²) in [5, 5.41) is 16.3. The summed E-state index contributed by atoms with van der Waals surface area (Å²) in [5.74, 6) is 2.20. The summed E-state index contributed by atoms with van der Waals surface area (Å²) >= 11 is 1.59. The average Bonchev–Trinajstić information content (AvgIpc) is 3.49. The monoisotopic (exact) mass is 547 g/mol. The Balaban J connectivity index is 1.28. The van der Waals surface area contributed by atoms with E-state index < -0.39 is 0 Å². The lowest BCUT2D eigenvalue weighted by Gasteiger charge is -2.36. The largest absolute Gasteiger partial charge is 0.496 e. The Hall–Kier alpha value is -2.90. The first kappa shape index (κ1) is 27.7. The minimum atomic E-state index is -0.264. The molecule has 0 saturated heterocycles. The first-order valence-electron chi connectivity index (χ1n) is 14.4. The van der Waals surface area contributed by atoms with Crippen molar-refractivity contribution >= 4 is 28.1 Å². The predicted molar refractivity (Wildman–Crippen MR) is 159 cm³/mol. The molecule has 39 heavy (non-hydrogen) atoms. The molecule has 208 valence electrons. The second-order valence-electron chi connectivity index (χ2n) is 11.3. The van der Waals surface area contributed by atoms with E-state index in [4.69, 9.17) is 4.74 Å². The number of hydrogen-bond donors (Lipinski definition) is 2. The minimum Gasteiger partial charge on any atom is -0.496 e. The molecule has 6 nitrogen and oxygen atoms in total. The van der Waals surface area contributed by atoms with Crippen molar-refractivity contribution in [2.45, 2.75) is 76.9 Å². The number of nitrogens with zero attached hydrogens (tertiary/aromatic N) is 2. The van der Waals surface area contributed by atoms with Gasteiger partial charge in [-0.1, -0.05) is 24.3 Å². The number of thiazole rings is 1. The van der Waals surface area contributed by atoms with Gasteiger partial charge in [0.05, 0.1) is 13.2 Å². The standard InChI is InChI=1S/C32H41N3O3S/c1-22-18-27(12-15-30(22)38-2)25-8-6-23(7-9-25)21-35(31(37)26-10-13-29(36)14-11-26)28-5-3-4-24(19-28)20-34-32-33-16-17-39-32/h3-5,12,15-19,23,25-26,29,36H,6-11,13-14,20-21H2,1-2H3,(H,33,34). The molecule has 0 bridgehead atoms. The van der Waals surface area contributed by atoms with Crippen molar-refractivity contribution in [1.29, 1.82) is 0 Å². The molecular weight excluding hydrogens is 506 g/mol. The van der Waals surface area contributed by atoms with Crippen LogP contribution in [0.3, 0.4) is 0 Å². The van der Waals surface area contributed by atoms with Gasteiger partial charge >= 0.3 is 0 Å². The van der Waals surface area contributed by atoms with Gasteiger partial charge in [0.25, 0.3) is 0 Å². The maximum absolute atomic E-state index is 13.9. The zero-order chi connectivity index (χ0) is 27.2. The highest BCUT2D eigenvalue weighted by Crippen LogP contribution is 2.38. The Morgan fingerprint density at radius 3 is 2.56 bits per heavy atom. The molecule has 2 aromatic carbocycles. The average molecular weight is 548 g/mol. The molecule has 5 rings (SSSR count). The summed E-state index contributed by atoms with van der Waals surface area (Å²) in [6.07, 6.45) is 9.04. The molecule has 7 heteroatoms. The van der Waals surface area contributed by atoms with Crippen LogP contribution in [0.2, 0.25) is 0 Å². The van der Waals surface area contributed by atoms with Crippen molar-refractivity contribution in [3.8, 4) is 5.75 Å². The highest BCUT2D eigenvalue weighted by molar-refractivity contribution is 7.13. The number of anilines is 2. The second-order valence-corrected chi connectivity index (χ2v) is 12.2. The van der Waals surface area contributed by atoms with E-state index in [1.165, 1.54) is 11.1 Å². The quantitative estimate of drug-likeness (QED) is 0.304. The van der Waals surface area contributed by atoms with Gasteiger partial charge < -0.3 is 20.1 Å². The number of rotatable bonds is 9. The lowest BCUT2D eigenvalue weighted by Crippen LogP contribution is -2.41. The number of aromatic nitrogens is 1. The highest BCUT2D eigenvalue weighted by Gasteiger charge is 2.32. The van der Waals surface area contributed by atoms with E-state index in [9.17, 15) is 9.90 Å². The zero-order valence-corrected chi connectivity index (χ0v) is 24.0. The lowest BCUT2D eigenvalue weighted by atomic mass is 9.78. The van der Waals surface area contributed by atoms with Crippen molar-refractivity contribution in [3.05, 3.63) is 70.7 Å². The third-order valence-electron chi connectivity index (χ3n) is 8.59. The first-order chi connectivity index (χ1) is 19.0. The fraction of sp³-hybridized carbons (Fsp3) is 0.500. The molecule has 1 aromatic heterocycles. The summed E-state index contributed by atoms with van der Waals surface area (Å²) < 4.78 is 5.45. The van der Waals surface area contributed by atoms with Gasteiger partial charge in [0.1, 0.15) is 5.75 Å². The minimum absolute atomic E-state index is 0.0101. The number of carbonyl (C=O) groups is 1. The molecule has 2 aliphatic carbocycles. The van der Waals surface area contributed by atoms with E-state index in [2.05, 4.69) is 64.6 Å². The molecule has 0 unspecified atom stereocenters. The summed E-state index contributed by atoms with van der Waals surface area (Å²) in [4.78, 5) is 20.3. The number of aliphatic hydroxyl groups excluding tert-OH is 1. The van der Waals surface area contributed by atoms with Gasteiger partial charge in [-0.05, 0) is 105 Å². The maximum Gasteiger partial charge on any atom is 0.230 e. The number of aliphatic hydroxyl groups is 1. The van der Waals surface area contributed by atoms with Crippen molar-refractivity contribution < 1.29 is 14.6 Å². The van der Waals surface area contributed by atoms with Gasteiger partial charge in [0.2, 0.25) is 5.91 Å². The normalized spacial score (nSPS) is 23.3. The Kier molecular flexibility index (Phi) is 9.20. The third-order valence-corrected chi connectivity index (χ3v) is 9.32. The molecule has 1 amide bonds. The van der Waals surface area contributed by atoms with Crippen molar-refractivity contribution in [3.63, 3.8) is 0 Å². The van der Waals surface area contributed by atoms with E-state index in [-0.39, 0.29) is 17.9 Å². The van der Waals surface area contributed by atoms with Crippen LogP contribution in [-0.2, 0) is 11.3 Å². The lowest BCUT2D eigenvalue weighted by molar-refractivity contribution is -0.124. The van der Waals surface area contributed by atoms with Gasteiger partial charge in [-0.3, -0.25) is 4.79 Å².